The van der Waals surface area contributed by atoms with E-state index in [1.165, 1.54) is 38.1 Å². The Bertz CT molecular complexity index is 1210. The van der Waals surface area contributed by atoms with Crippen LogP contribution in [0.5, 0.6) is 11.5 Å². The molecule has 2 amide bonds. The molecule has 0 spiro atoms. The van der Waals surface area contributed by atoms with Crippen LogP contribution in [-0.4, -0.2) is 42.4 Å². The van der Waals surface area contributed by atoms with Crippen molar-refractivity contribution in [2.24, 2.45) is 0 Å². The number of rotatable bonds is 10. The number of thioether (sulfide) groups is 1. The van der Waals surface area contributed by atoms with Crippen molar-refractivity contribution in [3.05, 3.63) is 77.9 Å². The Kier molecular flexibility index (Phi) is 8.74. The van der Waals surface area contributed by atoms with Gasteiger partial charge in [0.15, 0.2) is 11.5 Å². The first kappa shape index (κ1) is 25.6. The second-order valence-electron chi connectivity index (χ2n) is 7.44. The predicted molar refractivity (Wildman–Crippen MR) is 136 cm³/mol. The van der Waals surface area contributed by atoms with E-state index >= 15 is 0 Å². The lowest BCUT2D eigenvalue weighted by atomic mass is 10.2. The number of methoxy groups -OCH3 is 2. The smallest absolute Gasteiger partial charge is 0.335 e. The van der Waals surface area contributed by atoms with E-state index in [0.717, 1.165) is 4.90 Å². The molecule has 35 heavy (non-hydrogen) atoms. The van der Waals surface area contributed by atoms with Gasteiger partial charge in [-0.2, -0.15) is 0 Å². The summed E-state index contributed by atoms with van der Waals surface area (Å²) in [7, 11) is 3.03. The number of carbonyl (C=O) groups is 3. The van der Waals surface area contributed by atoms with E-state index in [2.05, 4.69) is 10.6 Å². The number of aromatic carboxylic acids is 1. The lowest BCUT2D eigenvalue weighted by molar-refractivity contribution is -0.115. The molecule has 3 aromatic rings. The van der Waals surface area contributed by atoms with Gasteiger partial charge >= 0.3 is 5.97 Å². The van der Waals surface area contributed by atoms with Crippen molar-refractivity contribution in [3.8, 4) is 11.5 Å². The van der Waals surface area contributed by atoms with E-state index in [9.17, 15) is 14.4 Å². The molecule has 9 heteroatoms. The number of nitrogens with one attached hydrogen (secondary N) is 2. The first-order chi connectivity index (χ1) is 16.8. The number of hydrogen-bond acceptors (Lipinski definition) is 6. The molecule has 1 unspecified atom stereocenters. The molecule has 0 radical (unpaired) electrons. The maximum absolute atomic E-state index is 12.8. The zero-order valence-electron chi connectivity index (χ0n) is 19.5. The van der Waals surface area contributed by atoms with Crippen LogP contribution in [0.3, 0.4) is 0 Å². The summed E-state index contributed by atoms with van der Waals surface area (Å²) in [6.07, 6.45) is 0.575. The van der Waals surface area contributed by atoms with Gasteiger partial charge in [0.1, 0.15) is 0 Å². The Morgan fingerprint density at radius 1 is 0.857 bits per heavy atom. The van der Waals surface area contributed by atoms with Gasteiger partial charge in [-0.3, -0.25) is 9.59 Å². The summed E-state index contributed by atoms with van der Waals surface area (Å²) in [4.78, 5) is 37.3. The van der Waals surface area contributed by atoms with Crippen LogP contribution in [-0.2, 0) is 4.79 Å². The number of ether oxygens (including phenoxy) is 2. The number of carbonyl (C=O) groups excluding carboxylic acids is 2. The zero-order valence-corrected chi connectivity index (χ0v) is 20.3. The minimum atomic E-state index is -1.03. The van der Waals surface area contributed by atoms with Gasteiger partial charge in [-0.25, -0.2) is 4.79 Å². The molecule has 1 atom stereocenters. The summed E-state index contributed by atoms with van der Waals surface area (Å²) in [5.74, 6) is -0.533. The normalized spacial score (nSPS) is 11.3. The third-order valence-corrected chi connectivity index (χ3v) is 6.44. The Balaban J connectivity index is 1.66. The van der Waals surface area contributed by atoms with E-state index in [-0.39, 0.29) is 22.6 Å². The molecule has 0 aromatic heterocycles. The molecule has 3 N–H and O–H groups in total. The van der Waals surface area contributed by atoms with E-state index in [0.29, 0.717) is 34.9 Å². The lowest BCUT2D eigenvalue weighted by Crippen LogP contribution is -2.24. The summed E-state index contributed by atoms with van der Waals surface area (Å²) in [5.41, 5.74) is 1.68. The second kappa shape index (κ2) is 11.9. The number of anilines is 2. The molecule has 0 aliphatic heterocycles. The molecule has 0 fully saturated rings. The molecule has 0 heterocycles. The van der Waals surface area contributed by atoms with Gasteiger partial charge in [-0.15, -0.1) is 11.8 Å². The number of carboxylic acids is 1. The van der Waals surface area contributed by atoms with E-state index in [4.69, 9.17) is 14.6 Å². The number of carboxylic acid groups (broad SMARTS) is 1. The molecule has 0 aliphatic rings. The first-order valence-corrected chi connectivity index (χ1v) is 11.7. The molecule has 182 valence electrons. The molecule has 0 bridgehead atoms. The monoisotopic (exact) mass is 494 g/mol. The van der Waals surface area contributed by atoms with Gasteiger partial charge in [0, 0.05) is 21.8 Å². The van der Waals surface area contributed by atoms with Crippen LogP contribution in [0.15, 0.2) is 71.6 Å². The van der Waals surface area contributed by atoms with Crippen LogP contribution in [0.4, 0.5) is 11.4 Å². The van der Waals surface area contributed by atoms with Crippen LogP contribution in [0.2, 0.25) is 0 Å². The van der Waals surface area contributed by atoms with Crippen molar-refractivity contribution in [2.45, 2.75) is 23.5 Å². The number of hydrogen-bond donors (Lipinski definition) is 3. The van der Waals surface area contributed by atoms with E-state index < -0.39 is 5.97 Å². The van der Waals surface area contributed by atoms with Crippen LogP contribution < -0.4 is 20.1 Å². The molecule has 0 saturated carbocycles. The predicted octanol–water partition coefficient (Wildman–Crippen LogP) is 5.16. The Hall–Kier alpha value is -3.98. The fourth-order valence-electron chi connectivity index (χ4n) is 3.23. The summed E-state index contributed by atoms with van der Waals surface area (Å²) in [6, 6.07) is 18.2. The van der Waals surface area contributed by atoms with Crippen molar-refractivity contribution in [1.82, 2.24) is 0 Å². The topological polar surface area (TPSA) is 114 Å². The molecular formula is C26H26N2O6S. The minimum absolute atomic E-state index is 0.149. The fourth-order valence-corrected chi connectivity index (χ4v) is 4.25. The van der Waals surface area contributed by atoms with Gasteiger partial charge in [-0.05, 0) is 67.1 Å². The molecule has 0 aliphatic carbocycles. The average molecular weight is 495 g/mol. The Labute approximate surface area is 207 Å². The van der Waals surface area contributed by atoms with Gasteiger partial charge in [0.05, 0.1) is 25.0 Å². The highest BCUT2D eigenvalue weighted by molar-refractivity contribution is 8.00. The summed E-state index contributed by atoms with van der Waals surface area (Å²) in [6.45, 7) is 1.91. The van der Waals surface area contributed by atoms with Crippen LogP contribution >= 0.6 is 11.8 Å². The standard InChI is InChI=1S/C26H26N2O6S/c1-4-23(25(30)27-18-11-8-16(9-12-18)26(31)32)35-20-7-5-6-19(15-20)28-24(29)17-10-13-21(33-2)22(14-17)34-3/h5-15,23H,4H2,1-3H3,(H,27,30)(H,28,29)(H,31,32). The quantitative estimate of drug-likeness (QED) is 0.333. The molecular weight excluding hydrogens is 468 g/mol. The highest BCUT2D eigenvalue weighted by atomic mass is 32.2. The largest absolute Gasteiger partial charge is 0.493 e. The van der Waals surface area contributed by atoms with Crippen LogP contribution in [0, 0.1) is 0 Å². The van der Waals surface area contributed by atoms with Crippen LogP contribution in [0.25, 0.3) is 0 Å². The van der Waals surface area contributed by atoms with Crippen LogP contribution in [0.1, 0.15) is 34.1 Å². The Morgan fingerprint density at radius 3 is 2.17 bits per heavy atom. The zero-order chi connectivity index (χ0) is 25.4. The lowest BCUT2D eigenvalue weighted by Gasteiger charge is -2.16. The van der Waals surface area contributed by atoms with Gasteiger partial charge in [-0.1, -0.05) is 13.0 Å². The first-order valence-electron chi connectivity index (χ1n) is 10.8. The maximum atomic E-state index is 12.8. The SMILES string of the molecule is CCC(Sc1cccc(NC(=O)c2ccc(OC)c(OC)c2)c1)C(=O)Nc1ccc(C(=O)O)cc1. The van der Waals surface area contributed by atoms with Gasteiger partial charge in [0.25, 0.3) is 5.91 Å². The number of amides is 2. The minimum Gasteiger partial charge on any atom is -0.493 e. The second-order valence-corrected chi connectivity index (χ2v) is 8.71. The number of benzene rings is 3. The fraction of sp³-hybridized carbons (Fsp3) is 0.192. The van der Waals surface area contributed by atoms with Gasteiger partial charge < -0.3 is 25.2 Å². The maximum Gasteiger partial charge on any atom is 0.335 e. The molecule has 3 aromatic carbocycles. The van der Waals surface area contributed by atoms with Crippen molar-refractivity contribution in [2.75, 3.05) is 24.9 Å². The van der Waals surface area contributed by atoms with Crippen molar-refractivity contribution in [1.29, 1.82) is 0 Å². The molecule has 0 saturated heterocycles. The Morgan fingerprint density at radius 2 is 1.54 bits per heavy atom. The van der Waals surface area contributed by atoms with Gasteiger partial charge in [0.2, 0.25) is 5.91 Å². The van der Waals surface area contributed by atoms with E-state index in [1.807, 2.05) is 19.1 Å². The average Bonchev–Trinajstić information content (AvgIpc) is 2.87. The summed E-state index contributed by atoms with van der Waals surface area (Å²) < 4.78 is 10.5. The van der Waals surface area contributed by atoms with Crippen molar-refractivity contribution >= 4 is 40.9 Å². The highest BCUT2D eigenvalue weighted by Crippen LogP contribution is 2.30. The highest BCUT2D eigenvalue weighted by Gasteiger charge is 2.19. The third-order valence-electron chi connectivity index (χ3n) is 5.08. The molecule has 8 nitrogen and oxygen atoms in total. The summed E-state index contributed by atoms with van der Waals surface area (Å²) in [5, 5.41) is 14.3. The van der Waals surface area contributed by atoms with Crippen molar-refractivity contribution in [3.63, 3.8) is 0 Å². The third kappa shape index (κ3) is 6.77. The van der Waals surface area contributed by atoms with E-state index in [1.54, 1.807) is 42.5 Å². The van der Waals surface area contributed by atoms with Crippen molar-refractivity contribution < 1.29 is 29.0 Å². The molecule has 3 rings (SSSR count). The summed E-state index contributed by atoms with van der Waals surface area (Å²) >= 11 is 1.38.